The van der Waals surface area contributed by atoms with Crippen molar-refractivity contribution in [1.82, 2.24) is 35.1 Å². The average molecular weight is 638 g/mol. The summed E-state index contributed by atoms with van der Waals surface area (Å²) in [4.78, 5) is 69.3. The minimum atomic E-state index is -0.850. The second-order valence-electron chi connectivity index (χ2n) is 11.9. The van der Waals surface area contributed by atoms with Crippen molar-refractivity contribution in [2.75, 3.05) is 45.9 Å². The summed E-state index contributed by atoms with van der Waals surface area (Å²) in [5.41, 5.74) is 0.621. The molecule has 0 bridgehead atoms. The Morgan fingerprint density at radius 3 is 2.35 bits per heavy atom. The van der Waals surface area contributed by atoms with Crippen molar-refractivity contribution in [1.29, 1.82) is 0 Å². The van der Waals surface area contributed by atoms with Gasteiger partial charge in [0.15, 0.2) is 12.3 Å². The summed E-state index contributed by atoms with van der Waals surface area (Å²) in [6.45, 7) is 5.36. The first-order chi connectivity index (χ1) is 22.2. The van der Waals surface area contributed by atoms with Crippen molar-refractivity contribution < 1.29 is 33.4 Å². The highest BCUT2D eigenvalue weighted by Gasteiger charge is 2.36. The zero-order valence-corrected chi connectivity index (χ0v) is 26.5. The maximum atomic E-state index is 13.3. The lowest BCUT2D eigenvalue weighted by Gasteiger charge is -2.35. The van der Waals surface area contributed by atoms with Gasteiger partial charge in [0, 0.05) is 44.8 Å². The molecule has 0 unspecified atom stereocenters. The van der Waals surface area contributed by atoms with Gasteiger partial charge in [-0.3, -0.25) is 19.2 Å². The maximum Gasteiger partial charge on any atom is 0.409 e. The van der Waals surface area contributed by atoms with Gasteiger partial charge in [0.05, 0.1) is 12.3 Å². The molecule has 14 heteroatoms. The molecule has 1 aromatic heterocycles. The third-order valence-electron chi connectivity index (χ3n) is 8.58. The Kier molecular flexibility index (Phi) is 10.8. The van der Waals surface area contributed by atoms with Crippen LogP contribution in [-0.2, 0) is 19.1 Å². The van der Waals surface area contributed by atoms with Gasteiger partial charge in [-0.2, -0.15) is 5.10 Å². The summed E-state index contributed by atoms with van der Waals surface area (Å²) in [6, 6.07) is 9.28. The smallest absolute Gasteiger partial charge is 0.409 e. The van der Waals surface area contributed by atoms with Crippen LogP contribution in [0.4, 0.5) is 4.79 Å². The van der Waals surface area contributed by atoms with Crippen molar-refractivity contribution >= 4 is 29.7 Å². The van der Waals surface area contributed by atoms with Gasteiger partial charge in [-0.1, -0.05) is 25.1 Å². The van der Waals surface area contributed by atoms with E-state index in [0.29, 0.717) is 51.4 Å². The van der Waals surface area contributed by atoms with Gasteiger partial charge in [0.25, 0.3) is 11.8 Å². The molecule has 5 rings (SSSR count). The zero-order valence-electron chi connectivity index (χ0n) is 26.5. The number of hydrogen-bond donors (Lipinski definition) is 2. The van der Waals surface area contributed by atoms with Crippen LogP contribution in [0.25, 0.3) is 5.69 Å². The number of carbonyl (C=O) groups excluding carboxylic acids is 5. The van der Waals surface area contributed by atoms with Crippen LogP contribution in [-0.4, -0.2) is 118 Å². The molecule has 2 atom stereocenters. The lowest BCUT2D eigenvalue weighted by Crippen LogP contribution is -2.55. The summed E-state index contributed by atoms with van der Waals surface area (Å²) in [7, 11) is 0. The molecule has 3 fully saturated rings. The number of amides is 5. The van der Waals surface area contributed by atoms with Crippen molar-refractivity contribution in [3.8, 4) is 11.6 Å². The van der Waals surface area contributed by atoms with E-state index in [1.54, 1.807) is 33.8 Å². The maximum absolute atomic E-state index is 13.3. The van der Waals surface area contributed by atoms with E-state index in [-0.39, 0.29) is 41.9 Å². The number of ether oxygens (including phenoxy) is 2. The third kappa shape index (κ3) is 7.77. The van der Waals surface area contributed by atoms with E-state index in [0.717, 1.165) is 32.1 Å². The largest absolute Gasteiger partial charge is 0.467 e. The number of piperazine rings is 1. The van der Waals surface area contributed by atoms with Gasteiger partial charge in [0.1, 0.15) is 12.1 Å². The van der Waals surface area contributed by atoms with E-state index in [9.17, 15) is 24.0 Å². The van der Waals surface area contributed by atoms with E-state index in [1.807, 2.05) is 25.1 Å². The Morgan fingerprint density at radius 1 is 0.957 bits per heavy atom. The van der Waals surface area contributed by atoms with Crippen LogP contribution in [0.5, 0.6) is 5.88 Å². The van der Waals surface area contributed by atoms with Crippen molar-refractivity contribution in [3.63, 3.8) is 0 Å². The Balaban J connectivity index is 1.20. The molecular formula is C32H43N7O7. The lowest BCUT2D eigenvalue weighted by molar-refractivity contribution is -0.140. The van der Waals surface area contributed by atoms with Gasteiger partial charge < -0.3 is 34.8 Å². The molecule has 2 aliphatic heterocycles. The Bertz CT molecular complexity index is 1400. The molecule has 1 saturated carbocycles. The fourth-order valence-electron chi connectivity index (χ4n) is 5.73. The van der Waals surface area contributed by atoms with Crippen LogP contribution in [0.3, 0.4) is 0 Å². The summed E-state index contributed by atoms with van der Waals surface area (Å²) in [5.74, 6) is -1.13. The molecule has 1 aromatic carbocycles. The molecule has 46 heavy (non-hydrogen) atoms. The van der Waals surface area contributed by atoms with Crippen LogP contribution in [0.1, 0.15) is 62.9 Å². The van der Waals surface area contributed by atoms with Gasteiger partial charge in [-0.15, -0.1) is 0 Å². The summed E-state index contributed by atoms with van der Waals surface area (Å²) in [6.07, 6.45) is 4.72. The number of benzene rings is 1. The topological polar surface area (TPSA) is 155 Å². The van der Waals surface area contributed by atoms with Gasteiger partial charge in [-0.05, 0) is 57.6 Å². The molecule has 2 N–H and O–H groups in total. The van der Waals surface area contributed by atoms with Crippen LogP contribution in [0.15, 0.2) is 36.4 Å². The number of likely N-dealkylation sites (tertiary alicyclic amines) is 1. The molecule has 3 heterocycles. The molecule has 5 amide bonds. The van der Waals surface area contributed by atoms with Crippen LogP contribution < -0.4 is 15.4 Å². The number of carbonyl (C=O) groups is 5. The number of nitrogens with zero attached hydrogens (tertiary/aromatic N) is 5. The van der Waals surface area contributed by atoms with E-state index in [2.05, 4.69) is 15.7 Å². The average Bonchev–Trinajstić information content (AvgIpc) is 3.72. The van der Waals surface area contributed by atoms with Crippen molar-refractivity contribution in [3.05, 3.63) is 42.1 Å². The van der Waals surface area contributed by atoms with Gasteiger partial charge in [0.2, 0.25) is 17.7 Å². The second-order valence-corrected chi connectivity index (χ2v) is 11.9. The molecule has 0 spiro atoms. The third-order valence-corrected chi connectivity index (χ3v) is 8.58. The first kappa shape index (κ1) is 32.8. The summed E-state index contributed by atoms with van der Waals surface area (Å²) >= 11 is 0. The highest BCUT2D eigenvalue weighted by atomic mass is 16.6. The Hall–Kier alpha value is -4.62. The minimum Gasteiger partial charge on any atom is -0.467 e. The predicted octanol–water partition coefficient (Wildman–Crippen LogP) is 1.72. The molecule has 0 radical (unpaired) electrons. The Morgan fingerprint density at radius 2 is 1.67 bits per heavy atom. The standard InChI is InChI=1S/C32H43N7O7/c1-3-19-45-32(44)37-17-15-36(16-18-37)31(43)22(2)33-29(41)25-20-28(39(35-25)24-11-5-4-6-12-24)46-21-27(40)38-14-8-13-26(38)30(42)34-23-9-7-10-23/h4-6,11-12,20,22-23,26H,3,7-10,13-19,21H2,1-2H3,(H,33,41)(H,34,42)/t22-,26-/m0/s1. The fourth-order valence-corrected chi connectivity index (χ4v) is 5.73. The first-order valence-corrected chi connectivity index (χ1v) is 16.1. The van der Waals surface area contributed by atoms with E-state index in [1.165, 1.54) is 10.7 Å². The van der Waals surface area contributed by atoms with E-state index >= 15 is 0 Å². The van der Waals surface area contributed by atoms with Gasteiger partial charge >= 0.3 is 6.09 Å². The highest BCUT2D eigenvalue weighted by Crippen LogP contribution is 2.23. The number of para-hydroxylation sites is 1. The van der Waals surface area contributed by atoms with E-state index < -0.39 is 24.1 Å². The highest BCUT2D eigenvalue weighted by molar-refractivity contribution is 5.96. The monoisotopic (exact) mass is 637 g/mol. The quantitative estimate of drug-likeness (QED) is 0.378. The summed E-state index contributed by atoms with van der Waals surface area (Å²) in [5, 5.41) is 10.2. The van der Waals surface area contributed by atoms with Crippen LogP contribution in [0.2, 0.25) is 0 Å². The van der Waals surface area contributed by atoms with Crippen LogP contribution >= 0.6 is 0 Å². The lowest BCUT2D eigenvalue weighted by atomic mass is 9.93. The fraction of sp³-hybridized carbons (Fsp3) is 0.562. The number of nitrogens with one attached hydrogen (secondary N) is 2. The number of rotatable bonds is 11. The molecule has 1 aliphatic carbocycles. The summed E-state index contributed by atoms with van der Waals surface area (Å²) < 4.78 is 12.5. The van der Waals surface area contributed by atoms with Crippen molar-refractivity contribution in [2.24, 2.45) is 0 Å². The second kappa shape index (κ2) is 15.1. The van der Waals surface area contributed by atoms with Gasteiger partial charge in [-0.25, -0.2) is 9.48 Å². The molecule has 2 saturated heterocycles. The zero-order chi connectivity index (χ0) is 32.6. The van der Waals surface area contributed by atoms with Crippen LogP contribution in [0, 0.1) is 0 Å². The molecule has 2 aromatic rings. The Labute approximate surface area is 268 Å². The van der Waals surface area contributed by atoms with E-state index in [4.69, 9.17) is 9.47 Å². The number of aromatic nitrogens is 2. The normalized spacial score (nSPS) is 18.8. The minimum absolute atomic E-state index is 0.00775. The first-order valence-electron chi connectivity index (χ1n) is 16.1. The van der Waals surface area contributed by atoms with Crippen molar-refractivity contribution in [2.45, 2.75) is 70.5 Å². The predicted molar refractivity (Wildman–Crippen MR) is 166 cm³/mol. The number of hydrogen-bond acceptors (Lipinski definition) is 8. The molecule has 14 nitrogen and oxygen atoms in total. The molecule has 248 valence electrons. The molecular weight excluding hydrogens is 594 g/mol. The molecule has 3 aliphatic rings. The SMILES string of the molecule is CCCOC(=O)N1CCN(C(=O)[C@H](C)NC(=O)c2cc(OCC(=O)N3CCC[C@H]3C(=O)NC3CCC3)n(-c3ccccc3)n2)CC1.